The first kappa shape index (κ1) is 24.0. The van der Waals surface area contributed by atoms with Crippen LogP contribution in [-0.4, -0.2) is 74.4 Å². The van der Waals surface area contributed by atoms with Gasteiger partial charge in [0.1, 0.15) is 24.9 Å². The van der Waals surface area contributed by atoms with Crippen molar-refractivity contribution in [2.24, 2.45) is 0 Å². The maximum absolute atomic E-state index is 13.4. The van der Waals surface area contributed by atoms with Crippen LogP contribution < -0.4 is 17.0 Å². The van der Waals surface area contributed by atoms with Crippen LogP contribution in [0.25, 0.3) is 11.2 Å². The molecule has 2 saturated heterocycles. The molecule has 2 aromatic rings. The van der Waals surface area contributed by atoms with Gasteiger partial charge >= 0.3 is 11.8 Å². The van der Waals surface area contributed by atoms with Crippen molar-refractivity contribution in [3.05, 3.63) is 33.5 Å². The second-order valence-corrected chi connectivity index (χ2v) is 8.80. The molecular weight excluding hydrogens is 448 g/mol. The van der Waals surface area contributed by atoms with Gasteiger partial charge in [0.15, 0.2) is 23.2 Å². The molecule has 4 rings (SSSR count). The molecule has 2 aliphatic heterocycles. The molecule has 4 atom stereocenters. The number of carbonyl (C=O) groups is 1. The number of H-pyrrole nitrogens is 1. The second-order valence-electron chi connectivity index (χ2n) is 8.80. The number of hydrogen-bond donors (Lipinski definition) is 2. The standard InChI is InChI=1S/C21H30N6O7/c1-6-8-25(5)20(30)31-10-11-13-14(34-21(3,4)33-13)17(32-11)27-15-12(16(28)24-18(22)23-15)26(9-7-2)19(27)29/h7,11,13-14,17H,2,6,8-10H2,1,3-5H3,(H3,22,23,24,28)/t11-,13-,14-,17-/m0/s1. The molecule has 0 saturated carbocycles. The Morgan fingerprint density at radius 3 is 2.74 bits per heavy atom. The fourth-order valence-electron chi connectivity index (χ4n) is 4.42. The minimum atomic E-state index is -1.00. The monoisotopic (exact) mass is 478 g/mol. The zero-order valence-electron chi connectivity index (χ0n) is 19.6. The zero-order chi connectivity index (χ0) is 24.8. The molecule has 34 heavy (non-hydrogen) atoms. The summed E-state index contributed by atoms with van der Waals surface area (Å²) >= 11 is 0. The number of imidazole rings is 1. The van der Waals surface area contributed by atoms with Gasteiger partial charge in [-0.15, -0.1) is 6.58 Å². The molecule has 186 valence electrons. The van der Waals surface area contributed by atoms with Gasteiger partial charge in [-0.3, -0.25) is 14.3 Å². The molecule has 2 aliphatic rings. The van der Waals surface area contributed by atoms with Gasteiger partial charge in [0.05, 0.1) is 0 Å². The number of nitrogens with two attached hydrogens (primary N) is 1. The maximum Gasteiger partial charge on any atom is 0.409 e. The number of fused-ring (bicyclic) bond motifs is 2. The van der Waals surface area contributed by atoms with E-state index in [0.717, 1.165) is 6.42 Å². The third-order valence-electron chi connectivity index (χ3n) is 5.76. The number of nitrogen functional groups attached to an aromatic ring is 1. The normalized spacial score (nSPS) is 25.4. The number of allylic oxidation sites excluding steroid dienone is 1. The summed E-state index contributed by atoms with van der Waals surface area (Å²) in [5.74, 6) is -1.11. The van der Waals surface area contributed by atoms with E-state index in [1.54, 1.807) is 20.9 Å². The molecule has 13 nitrogen and oxygen atoms in total. The molecule has 2 aromatic heterocycles. The van der Waals surface area contributed by atoms with Crippen LogP contribution in [0.15, 0.2) is 22.2 Å². The van der Waals surface area contributed by atoms with Crippen molar-refractivity contribution in [3.63, 3.8) is 0 Å². The Hall–Kier alpha value is -3.16. The molecule has 1 amide bonds. The number of hydrogen-bond acceptors (Lipinski definition) is 9. The van der Waals surface area contributed by atoms with Crippen molar-refractivity contribution in [2.75, 3.05) is 25.9 Å². The van der Waals surface area contributed by atoms with Crippen molar-refractivity contribution in [1.82, 2.24) is 24.0 Å². The maximum atomic E-state index is 13.4. The van der Waals surface area contributed by atoms with E-state index >= 15 is 0 Å². The lowest BCUT2D eigenvalue weighted by Crippen LogP contribution is -2.36. The molecule has 0 aliphatic carbocycles. The molecular formula is C21H30N6O7. The smallest absolute Gasteiger partial charge is 0.409 e. The molecule has 0 aromatic carbocycles. The Labute approximate surface area is 195 Å². The van der Waals surface area contributed by atoms with E-state index in [-0.39, 0.29) is 30.3 Å². The third-order valence-corrected chi connectivity index (χ3v) is 5.76. The van der Waals surface area contributed by atoms with E-state index in [1.807, 2.05) is 6.92 Å². The van der Waals surface area contributed by atoms with Gasteiger partial charge < -0.3 is 29.6 Å². The number of carbonyl (C=O) groups excluding carboxylic acids is 1. The van der Waals surface area contributed by atoms with Gasteiger partial charge in [0.25, 0.3) is 5.56 Å². The Bertz CT molecular complexity index is 1210. The van der Waals surface area contributed by atoms with Crippen LogP contribution in [0.1, 0.15) is 33.4 Å². The van der Waals surface area contributed by atoms with Gasteiger partial charge in [-0.2, -0.15) is 4.98 Å². The molecule has 0 unspecified atom stereocenters. The topological polar surface area (TPSA) is 156 Å². The van der Waals surface area contributed by atoms with Crippen molar-refractivity contribution in [1.29, 1.82) is 0 Å². The highest BCUT2D eigenvalue weighted by Crippen LogP contribution is 2.43. The second kappa shape index (κ2) is 8.89. The highest BCUT2D eigenvalue weighted by atomic mass is 16.8. The Morgan fingerprint density at radius 1 is 1.35 bits per heavy atom. The molecule has 4 heterocycles. The lowest BCUT2D eigenvalue weighted by atomic mass is 10.1. The zero-order valence-corrected chi connectivity index (χ0v) is 19.6. The number of anilines is 1. The molecule has 2 fully saturated rings. The number of amides is 1. The SMILES string of the molecule is C=CCn1c(=O)n([C@H]2O[C@@H](COC(=O)N(C)CCC)[C@@H]3OC(C)(C)O[C@@H]32)c2nc(N)[nH]c(=O)c21. The van der Waals surface area contributed by atoms with Crippen LogP contribution >= 0.6 is 0 Å². The number of nitrogens with one attached hydrogen (secondary N) is 1. The highest BCUT2D eigenvalue weighted by molar-refractivity contribution is 5.72. The first-order valence-electron chi connectivity index (χ1n) is 11.1. The van der Waals surface area contributed by atoms with Crippen molar-refractivity contribution < 1.29 is 23.7 Å². The van der Waals surface area contributed by atoms with Crippen molar-refractivity contribution >= 4 is 23.2 Å². The predicted molar refractivity (Wildman–Crippen MR) is 121 cm³/mol. The Kier molecular flexibility index (Phi) is 6.27. The highest BCUT2D eigenvalue weighted by Gasteiger charge is 2.57. The molecule has 3 N–H and O–H groups in total. The van der Waals surface area contributed by atoms with E-state index in [2.05, 4.69) is 16.5 Å². The van der Waals surface area contributed by atoms with Crippen LogP contribution in [-0.2, 0) is 25.5 Å². The summed E-state index contributed by atoms with van der Waals surface area (Å²) < 4.78 is 26.1. The van der Waals surface area contributed by atoms with E-state index in [0.29, 0.717) is 6.54 Å². The van der Waals surface area contributed by atoms with Gasteiger partial charge in [0, 0.05) is 20.1 Å². The van der Waals surface area contributed by atoms with Crippen LogP contribution in [0.5, 0.6) is 0 Å². The Balaban J connectivity index is 1.73. The van der Waals surface area contributed by atoms with Crippen LogP contribution in [0.2, 0.25) is 0 Å². The summed E-state index contributed by atoms with van der Waals surface area (Å²) in [5, 5.41) is 0. The van der Waals surface area contributed by atoms with E-state index in [4.69, 9.17) is 24.7 Å². The molecule has 0 radical (unpaired) electrons. The minimum absolute atomic E-state index is 0.0356. The fraction of sp³-hybridized carbons (Fsp3) is 0.619. The fourth-order valence-corrected chi connectivity index (χ4v) is 4.42. The van der Waals surface area contributed by atoms with Gasteiger partial charge in [-0.05, 0) is 20.3 Å². The lowest BCUT2D eigenvalue weighted by molar-refractivity contribution is -0.200. The first-order valence-corrected chi connectivity index (χ1v) is 11.1. The summed E-state index contributed by atoms with van der Waals surface area (Å²) in [6.07, 6.45) is -1.30. The van der Waals surface area contributed by atoms with E-state index in [9.17, 15) is 14.4 Å². The minimum Gasteiger partial charge on any atom is -0.447 e. The van der Waals surface area contributed by atoms with Crippen LogP contribution in [0.3, 0.4) is 0 Å². The number of nitrogens with zero attached hydrogens (tertiary/aromatic N) is 4. The molecule has 0 spiro atoms. The van der Waals surface area contributed by atoms with E-state index in [1.165, 1.54) is 20.1 Å². The molecule has 0 bridgehead atoms. The summed E-state index contributed by atoms with van der Waals surface area (Å²) in [5.41, 5.74) is 4.74. The number of aromatic nitrogens is 4. The summed E-state index contributed by atoms with van der Waals surface area (Å²) in [6.45, 7) is 9.60. The lowest BCUT2D eigenvalue weighted by Gasteiger charge is -2.25. The van der Waals surface area contributed by atoms with Gasteiger partial charge in [0.2, 0.25) is 5.95 Å². The van der Waals surface area contributed by atoms with Crippen molar-refractivity contribution in [2.45, 2.75) is 64.1 Å². The summed E-state index contributed by atoms with van der Waals surface area (Å²) in [4.78, 5) is 46.4. The predicted octanol–water partition coefficient (Wildman–Crippen LogP) is 0.550. The summed E-state index contributed by atoms with van der Waals surface area (Å²) in [6, 6.07) is 0. The van der Waals surface area contributed by atoms with Crippen LogP contribution in [0.4, 0.5) is 10.7 Å². The molecule has 13 heteroatoms. The van der Waals surface area contributed by atoms with Crippen LogP contribution in [0, 0.1) is 0 Å². The average Bonchev–Trinajstić information content (AvgIpc) is 3.33. The third kappa shape index (κ3) is 4.10. The number of aromatic amines is 1. The largest absolute Gasteiger partial charge is 0.447 e. The van der Waals surface area contributed by atoms with Gasteiger partial charge in [-0.1, -0.05) is 13.0 Å². The van der Waals surface area contributed by atoms with E-state index < -0.39 is 47.7 Å². The number of ether oxygens (including phenoxy) is 4. The average molecular weight is 479 g/mol. The van der Waals surface area contributed by atoms with Crippen molar-refractivity contribution in [3.8, 4) is 0 Å². The number of rotatable bonds is 7. The Morgan fingerprint density at radius 2 is 2.06 bits per heavy atom. The summed E-state index contributed by atoms with van der Waals surface area (Å²) in [7, 11) is 1.65. The quantitative estimate of drug-likeness (QED) is 0.543. The first-order chi connectivity index (χ1) is 16.1. The van der Waals surface area contributed by atoms with Gasteiger partial charge in [-0.25, -0.2) is 14.2 Å².